The molecule has 0 radical (unpaired) electrons. The van der Waals surface area contributed by atoms with Crippen LogP contribution in [0, 0.1) is 5.82 Å². The highest BCUT2D eigenvalue weighted by Crippen LogP contribution is 2.25. The zero-order chi connectivity index (χ0) is 8.72. The predicted octanol–water partition coefficient (Wildman–Crippen LogP) is 2.31. The van der Waals surface area contributed by atoms with Crippen molar-refractivity contribution in [3.63, 3.8) is 0 Å². The molecule has 0 aliphatic heterocycles. The first-order valence-electron chi connectivity index (χ1n) is 3.18. The van der Waals surface area contributed by atoms with Gasteiger partial charge in [-0.2, -0.15) is 4.98 Å². The molecule has 3 nitrogen and oxygen atoms in total. The third-order valence-electron chi connectivity index (χ3n) is 1.47. The first-order valence-corrected chi connectivity index (χ1v) is 3.98. The van der Waals surface area contributed by atoms with Crippen LogP contribution >= 0.6 is 15.9 Å². The average molecular weight is 231 g/mol. The van der Waals surface area contributed by atoms with E-state index in [-0.39, 0.29) is 11.5 Å². The summed E-state index contributed by atoms with van der Waals surface area (Å²) in [5, 5.41) is 0. The molecule has 0 spiro atoms. The Morgan fingerprint density at radius 2 is 2.25 bits per heavy atom. The highest BCUT2D eigenvalue weighted by atomic mass is 79.9. The van der Waals surface area contributed by atoms with Gasteiger partial charge >= 0.3 is 0 Å². The number of nitrogens with two attached hydrogens (primary N) is 1. The van der Waals surface area contributed by atoms with Gasteiger partial charge in [-0.05, 0) is 28.1 Å². The molecule has 5 heteroatoms. The van der Waals surface area contributed by atoms with Gasteiger partial charge in [0.05, 0.1) is 4.47 Å². The predicted molar refractivity (Wildman–Crippen MR) is 46.1 cm³/mol. The summed E-state index contributed by atoms with van der Waals surface area (Å²) in [6.07, 6.45) is 0. The molecule has 0 amide bonds. The zero-order valence-corrected chi connectivity index (χ0v) is 7.43. The van der Waals surface area contributed by atoms with Crippen LogP contribution in [0.15, 0.2) is 21.0 Å². The van der Waals surface area contributed by atoms with Crippen LogP contribution in [0.1, 0.15) is 0 Å². The van der Waals surface area contributed by atoms with E-state index in [2.05, 4.69) is 20.9 Å². The number of rotatable bonds is 0. The Balaban J connectivity index is 2.89. The Morgan fingerprint density at radius 3 is 3.00 bits per heavy atom. The number of nitrogen functional groups attached to an aromatic ring is 1. The summed E-state index contributed by atoms with van der Waals surface area (Å²) in [6, 6.07) is 3.12. The quantitative estimate of drug-likeness (QED) is 0.756. The van der Waals surface area contributed by atoms with Crippen LogP contribution < -0.4 is 5.73 Å². The van der Waals surface area contributed by atoms with Gasteiger partial charge in [0.1, 0.15) is 5.52 Å². The monoisotopic (exact) mass is 230 g/mol. The molecule has 0 atom stereocenters. The van der Waals surface area contributed by atoms with Crippen LogP contribution in [0.5, 0.6) is 0 Å². The molecule has 2 rings (SSSR count). The lowest BCUT2D eigenvalue weighted by Gasteiger charge is -1.91. The number of halogens is 2. The van der Waals surface area contributed by atoms with Gasteiger partial charge in [0.15, 0.2) is 11.4 Å². The van der Waals surface area contributed by atoms with E-state index < -0.39 is 5.82 Å². The number of anilines is 1. The second-order valence-electron chi connectivity index (χ2n) is 2.26. The van der Waals surface area contributed by atoms with Crippen LogP contribution in [0.3, 0.4) is 0 Å². The molecular weight excluding hydrogens is 227 g/mol. The van der Waals surface area contributed by atoms with E-state index in [9.17, 15) is 4.39 Å². The van der Waals surface area contributed by atoms with Crippen LogP contribution in [0.2, 0.25) is 0 Å². The Hall–Kier alpha value is -1.10. The third-order valence-corrected chi connectivity index (χ3v) is 2.08. The summed E-state index contributed by atoms with van der Waals surface area (Å²) < 4.78 is 18.4. The third kappa shape index (κ3) is 0.972. The van der Waals surface area contributed by atoms with Crippen molar-refractivity contribution in [2.75, 3.05) is 5.73 Å². The number of hydrogen-bond donors (Lipinski definition) is 1. The van der Waals surface area contributed by atoms with Gasteiger partial charge in [0.2, 0.25) is 0 Å². The molecule has 0 saturated carbocycles. The van der Waals surface area contributed by atoms with Crippen LogP contribution in [-0.4, -0.2) is 4.98 Å². The average Bonchev–Trinajstić information content (AvgIpc) is 2.39. The molecule has 0 aliphatic rings. The van der Waals surface area contributed by atoms with Gasteiger partial charge in [-0.3, -0.25) is 0 Å². The summed E-state index contributed by atoms with van der Waals surface area (Å²) in [5.41, 5.74) is 5.76. The molecule has 1 aromatic heterocycles. The Bertz CT molecular complexity index is 440. The Morgan fingerprint density at radius 1 is 1.50 bits per heavy atom. The highest BCUT2D eigenvalue weighted by Gasteiger charge is 2.10. The first-order chi connectivity index (χ1) is 5.68. The topological polar surface area (TPSA) is 52.0 Å². The van der Waals surface area contributed by atoms with Crippen molar-refractivity contribution in [3.05, 3.63) is 22.4 Å². The molecule has 0 aliphatic carbocycles. The van der Waals surface area contributed by atoms with Crippen LogP contribution in [-0.2, 0) is 0 Å². The van der Waals surface area contributed by atoms with Crippen molar-refractivity contribution < 1.29 is 8.81 Å². The van der Waals surface area contributed by atoms with Gasteiger partial charge in [0.25, 0.3) is 6.01 Å². The summed E-state index contributed by atoms with van der Waals surface area (Å²) >= 11 is 3.03. The number of hydrogen-bond acceptors (Lipinski definition) is 3. The summed E-state index contributed by atoms with van der Waals surface area (Å²) in [5.74, 6) is -0.451. The molecule has 2 aromatic rings. The second kappa shape index (κ2) is 2.45. The van der Waals surface area contributed by atoms with E-state index in [1.807, 2.05) is 0 Å². The molecule has 0 unspecified atom stereocenters. The smallest absolute Gasteiger partial charge is 0.293 e. The Kier molecular flexibility index (Phi) is 1.54. The SMILES string of the molecule is Nc1nc2c(F)c(Br)ccc2o1. The second-order valence-corrected chi connectivity index (χ2v) is 3.11. The standard InChI is InChI=1S/C7H4BrFN2O/c8-3-1-2-4-6(5(3)9)11-7(10)12-4/h1-2H,(H2,10,11). The molecule has 62 valence electrons. The summed E-state index contributed by atoms with van der Waals surface area (Å²) in [4.78, 5) is 3.68. The minimum atomic E-state index is -0.451. The number of fused-ring (bicyclic) bond motifs is 1. The fourth-order valence-corrected chi connectivity index (χ4v) is 1.27. The van der Waals surface area contributed by atoms with E-state index in [1.165, 1.54) is 0 Å². The van der Waals surface area contributed by atoms with E-state index in [0.29, 0.717) is 10.1 Å². The number of aromatic nitrogens is 1. The Labute approximate surface area is 75.5 Å². The van der Waals surface area contributed by atoms with Crippen molar-refractivity contribution in [2.24, 2.45) is 0 Å². The minimum absolute atomic E-state index is 0.0259. The van der Waals surface area contributed by atoms with E-state index >= 15 is 0 Å². The molecule has 12 heavy (non-hydrogen) atoms. The first kappa shape index (κ1) is 7.54. The van der Waals surface area contributed by atoms with Gasteiger partial charge in [-0.25, -0.2) is 4.39 Å². The largest absolute Gasteiger partial charge is 0.424 e. The van der Waals surface area contributed by atoms with Crippen molar-refractivity contribution in [1.82, 2.24) is 4.98 Å². The lowest BCUT2D eigenvalue weighted by Crippen LogP contribution is -1.83. The van der Waals surface area contributed by atoms with Crippen LogP contribution in [0.4, 0.5) is 10.4 Å². The maximum absolute atomic E-state index is 13.2. The number of oxazole rings is 1. The normalized spacial score (nSPS) is 10.8. The van der Waals surface area contributed by atoms with Gasteiger partial charge in [-0.15, -0.1) is 0 Å². The van der Waals surface area contributed by atoms with E-state index in [4.69, 9.17) is 10.2 Å². The number of nitrogens with zero attached hydrogens (tertiary/aromatic N) is 1. The lowest BCUT2D eigenvalue weighted by molar-refractivity contribution is 0.620. The summed E-state index contributed by atoms with van der Waals surface area (Å²) in [7, 11) is 0. The number of benzene rings is 1. The maximum atomic E-state index is 13.2. The van der Waals surface area contributed by atoms with Crippen molar-refractivity contribution >= 4 is 33.0 Å². The van der Waals surface area contributed by atoms with Gasteiger partial charge in [0, 0.05) is 0 Å². The van der Waals surface area contributed by atoms with Gasteiger partial charge < -0.3 is 10.2 Å². The molecule has 0 saturated heterocycles. The molecule has 1 aromatic carbocycles. The summed E-state index contributed by atoms with van der Waals surface area (Å²) in [6.45, 7) is 0. The molecule has 1 heterocycles. The molecule has 0 fully saturated rings. The molecular formula is C7H4BrFN2O. The van der Waals surface area contributed by atoms with E-state index in [0.717, 1.165) is 0 Å². The lowest BCUT2D eigenvalue weighted by atomic mass is 10.3. The molecule has 2 N–H and O–H groups in total. The van der Waals surface area contributed by atoms with Crippen molar-refractivity contribution in [2.45, 2.75) is 0 Å². The fraction of sp³-hybridized carbons (Fsp3) is 0. The fourth-order valence-electron chi connectivity index (χ4n) is 0.954. The highest BCUT2D eigenvalue weighted by molar-refractivity contribution is 9.10. The molecule has 0 bridgehead atoms. The van der Waals surface area contributed by atoms with E-state index in [1.54, 1.807) is 12.1 Å². The maximum Gasteiger partial charge on any atom is 0.293 e. The van der Waals surface area contributed by atoms with Crippen molar-refractivity contribution in [1.29, 1.82) is 0 Å². The minimum Gasteiger partial charge on any atom is -0.424 e. The van der Waals surface area contributed by atoms with Crippen molar-refractivity contribution in [3.8, 4) is 0 Å². The zero-order valence-electron chi connectivity index (χ0n) is 5.84. The van der Waals surface area contributed by atoms with Crippen LogP contribution in [0.25, 0.3) is 11.1 Å². The van der Waals surface area contributed by atoms with Gasteiger partial charge in [-0.1, -0.05) is 0 Å².